The highest BCUT2D eigenvalue weighted by molar-refractivity contribution is 5.90. The summed E-state index contributed by atoms with van der Waals surface area (Å²) >= 11 is 0. The van der Waals surface area contributed by atoms with Crippen molar-refractivity contribution in [3.63, 3.8) is 0 Å². The van der Waals surface area contributed by atoms with E-state index in [1.807, 2.05) is 56.6 Å². The predicted octanol–water partition coefficient (Wildman–Crippen LogP) is 4.72. The Balaban J connectivity index is 2.06. The van der Waals surface area contributed by atoms with Gasteiger partial charge < -0.3 is 9.64 Å². The lowest BCUT2D eigenvalue weighted by Gasteiger charge is -2.36. The molecule has 4 heteroatoms. The van der Waals surface area contributed by atoms with Crippen LogP contribution in [-0.4, -0.2) is 36.5 Å². The van der Waals surface area contributed by atoms with E-state index in [1.165, 1.54) is 0 Å². The number of rotatable bonds is 6. The second-order valence-electron chi connectivity index (χ2n) is 7.80. The summed E-state index contributed by atoms with van der Waals surface area (Å²) in [5.74, 6) is -0.331. The van der Waals surface area contributed by atoms with Crippen LogP contribution in [0.5, 0.6) is 0 Å². The van der Waals surface area contributed by atoms with Gasteiger partial charge in [-0.15, -0.1) is 0 Å². The number of nitrogens with zero attached hydrogens (tertiary/aromatic N) is 2. The largest absolute Gasteiger partial charge is 0.452 e. The van der Waals surface area contributed by atoms with Gasteiger partial charge in [0.15, 0.2) is 6.10 Å². The van der Waals surface area contributed by atoms with Crippen molar-refractivity contribution in [3.05, 3.63) is 78.1 Å². The Kier molecular flexibility index (Phi) is 5.57. The lowest BCUT2D eigenvalue weighted by Crippen LogP contribution is -2.36. The van der Waals surface area contributed by atoms with Crippen LogP contribution in [0, 0.1) is 5.41 Å². The third-order valence-electron chi connectivity index (χ3n) is 4.62. The number of carbonyl (C=O) groups is 1. The summed E-state index contributed by atoms with van der Waals surface area (Å²) in [6.45, 7) is 4.98. The van der Waals surface area contributed by atoms with Crippen LogP contribution in [0.3, 0.4) is 0 Å². The first kappa shape index (κ1) is 19.1. The Hall–Kier alpha value is -2.72. The molecule has 1 aromatic heterocycles. The monoisotopic (exact) mass is 362 g/mol. The van der Waals surface area contributed by atoms with Crippen molar-refractivity contribution in [1.82, 2.24) is 9.88 Å². The Bertz CT molecular complexity index is 915. The van der Waals surface area contributed by atoms with Gasteiger partial charge in [-0.1, -0.05) is 56.3 Å². The number of benzene rings is 2. The van der Waals surface area contributed by atoms with Gasteiger partial charge in [-0.25, -0.2) is 4.79 Å². The number of hydrogen-bond donors (Lipinski definition) is 0. The lowest BCUT2D eigenvalue weighted by molar-refractivity contribution is -0.0177. The summed E-state index contributed by atoms with van der Waals surface area (Å²) in [6, 6.07) is 19.2. The quantitative estimate of drug-likeness (QED) is 0.595. The first-order valence-corrected chi connectivity index (χ1v) is 9.13. The van der Waals surface area contributed by atoms with E-state index in [4.69, 9.17) is 4.74 Å². The molecule has 140 valence electrons. The zero-order valence-corrected chi connectivity index (χ0v) is 16.3. The number of aromatic nitrogens is 1. The summed E-state index contributed by atoms with van der Waals surface area (Å²) in [5, 5.41) is 2.10. The zero-order chi connectivity index (χ0) is 19.4. The van der Waals surface area contributed by atoms with Crippen LogP contribution in [0.4, 0.5) is 0 Å². The van der Waals surface area contributed by atoms with Crippen molar-refractivity contribution in [2.45, 2.75) is 20.0 Å². The summed E-state index contributed by atoms with van der Waals surface area (Å²) in [7, 11) is 4.04. The normalized spacial score (nSPS) is 12.9. The molecule has 0 aliphatic rings. The molecule has 0 spiro atoms. The van der Waals surface area contributed by atoms with E-state index in [0.717, 1.165) is 23.0 Å². The molecule has 1 heterocycles. The molecule has 0 bridgehead atoms. The van der Waals surface area contributed by atoms with Crippen LogP contribution in [-0.2, 0) is 4.74 Å². The Morgan fingerprint density at radius 3 is 2.41 bits per heavy atom. The highest BCUT2D eigenvalue weighted by Gasteiger charge is 2.37. The van der Waals surface area contributed by atoms with E-state index < -0.39 is 6.10 Å². The molecule has 0 fully saturated rings. The lowest BCUT2D eigenvalue weighted by atomic mass is 9.82. The molecule has 4 nitrogen and oxygen atoms in total. The van der Waals surface area contributed by atoms with Gasteiger partial charge in [0, 0.05) is 23.5 Å². The van der Waals surface area contributed by atoms with Gasteiger partial charge in [0.2, 0.25) is 0 Å². The highest BCUT2D eigenvalue weighted by atomic mass is 16.5. The fourth-order valence-electron chi connectivity index (χ4n) is 3.58. The molecule has 0 aliphatic heterocycles. The highest BCUT2D eigenvalue weighted by Crippen LogP contribution is 2.39. The minimum atomic E-state index is -0.473. The third-order valence-corrected chi connectivity index (χ3v) is 4.62. The van der Waals surface area contributed by atoms with E-state index in [0.29, 0.717) is 5.56 Å². The van der Waals surface area contributed by atoms with E-state index in [1.54, 1.807) is 18.3 Å². The molecule has 3 rings (SSSR count). The number of hydrogen-bond acceptors (Lipinski definition) is 4. The fourth-order valence-corrected chi connectivity index (χ4v) is 3.58. The van der Waals surface area contributed by atoms with Crippen LogP contribution in [0.25, 0.3) is 10.8 Å². The van der Waals surface area contributed by atoms with Gasteiger partial charge in [0.1, 0.15) is 0 Å². The molecule has 0 saturated heterocycles. The zero-order valence-electron chi connectivity index (χ0n) is 16.3. The second-order valence-corrected chi connectivity index (χ2v) is 7.80. The molecular formula is C23H26N2O2. The van der Waals surface area contributed by atoms with Gasteiger partial charge >= 0.3 is 5.97 Å². The van der Waals surface area contributed by atoms with Crippen molar-refractivity contribution >= 4 is 16.7 Å². The van der Waals surface area contributed by atoms with Crippen LogP contribution in [0.15, 0.2) is 66.9 Å². The molecule has 27 heavy (non-hydrogen) atoms. The van der Waals surface area contributed by atoms with Gasteiger partial charge in [0.05, 0.1) is 11.3 Å². The van der Waals surface area contributed by atoms with Gasteiger partial charge in [-0.2, -0.15) is 0 Å². The van der Waals surface area contributed by atoms with Crippen LogP contribution in [0.2, 0.25) is 0 Å². The number of pyridine rings is 1. The van der Waals surface area contributed by atoms with Crippen LogP contribution >= 0.6 is 0 Å². The molecule has 0 amide bonds. The minimum absolute atomic E-state index is 0.328. The third kappa shape index (κ3) is 4.34. The number of ether oxygens (including phenoxy) is 1. The average molecular weight is 362 g/mol. The summed E-state index contributed by atoms with van der Waals surface area (Å²) < 4.78 is 6.07. The average Bonchev–Trinajstić information content (AvgIpc) is 2.65. The Morgan fingerprint density at radius 1 is 1.04 bits per heavy atom. The summed E-state index contributed by atoms with van der Waals surface area (Å²) in [6.07, 6.45) is 1.31. The van der Waals surface area contributed by atoms with Gasteiger partial charge in [-0.3, -0.25) is 4.98 Å². The standard InChI is InChI=1S/C23H26N2O2/c1-23(2,16-25(3)4)21(27-22(26)18-11-6-5-7-12-18)20-19-13-9-8-10-17(19)14-15-24-20/h5-15,21H,16H2,1-4H3. The summed E-state index contributed by atoms with van der Waals surface area (Å²) in [5.41, 5.74) is 1.01. The molecule has 0 radical (unpaired) electrons. The van der Waals surface area contributed by atoms with Crippen molar-refractivity contribution in [1.29, 1.82) is 0 Å². The van der Waals surface area contributed by atoms with Gasteiger partial charge in [-0.05, 0) is 37.7 Å². The van der Waals surface area contributed by atoms with Crippen molar-refractivity contribution in [2.24, 2.45) is 5.41 Å². The van der Waals surface area contributed by atoms with Gasteiger partial charge in [0.25, 0.3) is 0 Å². The van der Waals surface area contributed by atoms with Crippen molar-refractivity contribution < 1.29 is 9.53 Å². The maximum Gasteiger partial charge on any atom is 0.338 e. The molecule has 3 aromatic rings. The first-order chi connectivity index (χ1) is 12.9. The SMILES string of the molecule is CN(C)CC(C)(C)C(OC(=O)c1ccccc1)c1nccc2ccccc12. The minimum Gasteiger partial charge on any atom is -0.452 e. The van der Waals surface area contributed by atoms with E-state index in [2.05, 4.69) is 29.8 Å². The summed E-state index contributed by atoms with van der Waals surface area (Å²) in [4.78, 5) is 19.6. The number of esters is 1. The smallest absolute Gasteiger partial charge is 0.338 e. The van der Waals surface area contributed by atoms with E-state index in [9.17, 15) is 4.79 Å². The van der Waals surface area contributed by atoms with Crippen LogP contribution < -0.4 is 0 Å². The molecule has 1 unspecified atom stereocenters. The van der Waals surface area contributed by atoms with E-state index in [-0.39, 0.29) is 11.4 Å². The molecule has 0 N–H and O–H groups in total. The van der Waals surface area contributed by atoms with Crippen molar-refractivity contribution in [2.75, 3.05) is 20.6 Å². The molecule has 0 aliphatic carbocycles. The maximum atomic E-state index is 12.8. The maximum absolute atomic E-state index is 12.8. The molecular weight excluding hydrogens is 336 g/mol. The topological polar surface area (TPSA) is 42.4 Å². The first-order valence-electron chi connectivity index (χ1n) is 9.13. The van der Waals surface area contributed by atoms with E-state index >= 15 is 0 Å². The predicted molar refractivity (Wildman–Crippen MR) is 109 cm³/mol. The molecule has 1 atom stereocenters. The number of fused-ring (bicyclic) bond motifs is 1. The van der Waals surface area contributed by atoms with Crippen LogP contribution in [0.1, 0.15) is 36.0 Å². The van der Waals surface area contributed by atoms with Crippen molar-refractivity contribution in [3.8, 4) is 0 Å². The molecule has 0 saturated carbocycles. The fraction of sp³-hybridized carbons (Fsp3) is 0.304. The number of carbonyl (C=O) groups excluding carboxylic acids is 1. The second kappa shape index (κ2) is 7.89. The Labute approximate surface area is 160 Å². The molecule has 2 aromatic carbocycles. The Morgan fingerprint density at radius 2 is 1.70 bits per heavy atom.